The van der Waals surface area contributed by atoms with Gasteiger partial charge in [0, 0.05) is 5.41 Å². The first-order chi connectivity index (χ1) is 7.21. The van der Waals surface area contributed by atoms with Gasteiger partial charge in [-0.1, -0.05) is 20.8 Å². The molecule has 0 aromatic rings. The molecule has 1 aliphatic rings. The number of hydrogen-bond donors (Lipinski definition) is 1. The van der Waals surface area contributed by atoms with Crippen molar-refractivity contribution in [2.75, 3.05) is 5.75 Å². The lowest BCUT2D eigenvalue weighted by Crippen LogP contribution is -2.44. The Hall–Kier alpha value is -0.420. The molecule has 0 radical (unpaired) electrons. The number of rotatable bonds is 4. The van der Waals surface area contributed by atoms with Crippen molar-refractivity contribution in [2.45, 2.75) is 40.0 Å². The molecule has 3 atom stereocenters. The normalized spacial score (nSPS) is 39.9. The van der Waals surface area contributed by atoms with Crippen LogP contribution in [0.4, 0.5) is 0 Å². The van der Waals surface area contributed by atoms with E-state index in [1.165, 1.54) is 0 Å². The van der Waals surface area contributed by atoms with Gasteiger partial charge in [-0.05, 0) is 30.6 Å². The van der Waals surface area contributed by atoms with Crippen molar-refractivity contribution in [1.29, 1.82) is 0 Å². The fraction of sp³-hybridized carbons (Fsp3) is 0.909. The van der Waals surface area contributed by atoms with Gasteiger partial charge in [0.15, 0.2) is 0 Å². The molecule has 1 saturated carbocycles. The maximum absolute atomic E-state index is 11.4. The summed E-state index contributed by atoms with van der Waals surface area (Å²) in [5.74, 6) is -0.150. The largest absolute Gasteiger partial charge is 0.303 e. The highest BCUT2D eigenvalue weighted by molar-refractivity contribution is 7.85. The van der Waals surface area contributed by atoms with Crippen LogP contribution in [0.1, 0.15) is 40.0 Å². The van der Waals surface area contributed by atoms with Crippen molar-refractivity contribution in [2.24, 2.45) is 16.7 Å². The summed E-state index contributed by atoms with van der Waals surface area (Å²) >= 11 is 0. The zero-order valence-corrected chi connectivity index (χ0v) is 10.9. The highest BCUT2D eigenvalue weighted by Gasteiger charge is 2.56. The minimum absolute atomic E-state index is 0.296. The van der Waals surface area contributed by atoms with Crippen molar-refractivity contribution in [3.8, 4) is 0 Å². The lowest BCUT2D eigenvalue weighted by Gasteiger charge is -2.41. The van der Waals surface area contributed by atoms with Crippen LogP contribution in [0, 0.1) is 16.7 Å². The van der Waals surface area contributed by atoms with Gasteiger partial charge in [0.05, 0.1) is 5.75 Å². The average Bonchev–Trinajstić information content (AvgIpc) is 2.42. The van der Waals surface area contributed by atoms with E-state index in [2.05, 4.69) is 0 Å². The zero-order chi connectivity index (χ0) is 12.6. The minimum atomic E-state index is -4.11. The lowest BCUT2D eigenvalue weighted by molar-refractivity contribution is -0.121. The van der Waals surface area contributed by atoms with E-state index in [0.29, 0.717) is 12.3 Å². The summed E-state index contributed by atoms with van der Waals surface area (Å²) < 4.78 is 31.1. The molecule has 1 rings (SSSR count). The summed E-state index contributed by atoms with van der Waals surface area (Å²) in [7, 11) is -4.11. The van der Waals surface area contributed by atoms with Crippen molar-refractivity contribution in [1.82, 2.24) is 0 Å². The van der Waals surface area contributed by atoms with Gasteiger partial charge >= 0.3 is 0 Å². The van der Waals surface area contributed by atoms with E-state index >= 15 is 0 Å². The van der Waals surface area contributed by atoms with Crippen LogP contribution in [0.2, 0.25) is 0 Å². The van der Waals surface area contributed by atoms with Crippen LogP contribution in [0.25, 0.3) is 0 Å². The molecule has 0 heterocycles. The van der Waals surface area contributed by atoms with Crippen LogP contribution in [-0.4, -0.2) is 25.0 Å². The molecular weight excluding hydrogens is 228 g/mol. The number of carbonyl (C=O) groups excluding carboxylic acids is 1. The summed E-state index contributed by atoms with van der Waals surface area (Å²) in [4.78, 5) is 11.4. The molecule has 0 bridgehead atoms. The summed E-state index contributed by atoms with van der Waals surface area (Å²) in [5, 5.41) is 0. The third-order valence-corrected chi connectivity index (χ3v) is 5.53. The Labute approximate surface area is 97.2 Å². The molecule has 1 N–H and O–H groups in total. The maximum Gasteiger partial charge on any atom is 0.265 e. The van der Waals surface area contributed by atoms with Crippen molar-refractivity contribution in [3.63, 3.8) is 0 Å². The second kappa shape index (κ2) is 4.11. The van der Waals surface area contributed by atoms with E-state index in [4.69, 9.17) is 4.55 Å². The van der Waals surface area contributed by atoms with Crippen molar-refractivity contribution in [3.05, 3.63) is 0 Å². The Bertz CT molecular complexity index is 375. The molecule has 1 aliphatic carbocycles. The van der Waals surface area contributed by atoms with E-state index < -0.39 is 21.3 Å². The highest BCUT2D eigenvalue weighted by atomic mass is 32.2. The average molecular weight is 248 g/mol. The van der Waals surface area contributed by atoms with Crippen LogP contribution >= 0.6 is 0 Å². The first-order valence-electron chi connectivity index (χ1n) is 5.62. The van der Waals surface area contributed by atoms with Gasteiger partial charge in [-0.2, -0.15) is 8.42 Å². The van der Waals surface area contributed by atoms with Gasteiger partial charge in [0.1, 0.15) is 6.29 Å². The summed E-state index contributed by atoms with van der Waals surface area (Å²) in [5.41, 5.74) is -1.26. The van der Waals surface area contributed by atoms with Crippen LogP contribution in [0.3, 0.4) is 0 Å². The summed E-state index contributed by atoms with van der Waals surface area (Å²) in [6, 6.07) is 0. The van der Waals surface area contributed by atoms with Crippen molar-refractivity contribution >= 4 is 16.4 Å². The summed E-state index contributed by atoms with van der Waals surface area (Å²) in [6.07, 6.45) is 2.86. The van der Waals surface area contributed by atoms with Gasteiger partial charge in [-0.15, -0.1) is 0 Å². The second-order valence-corrected chi connectivity index (χ2v) is 6.66. The van der Waals surface area contributed by atoms with E-state index in [1.54, 1.807) is 0 Å². The molecule has 0 amide bonds. The Morgan fingerprint density at radius 3 is 2.44 bits per heavy atom. The molecule has 4 nitrogen and oxygen atoms in total. The zero-order valence-electron chi connectivity index (χ0n) is 10.1. The number of hydrogen-bond acceptors (Lipinski definition) is 3. The fourth-order valence-corrected chi connectivity index (χ4v) is 4.25. The standard InChI is InChI=1S/C11H20O4S/c1-4-10(3)9(2)5-6-11(10,7-12)8-16(13,14)15/h7,9H,4-6,8H2,1-3H3,(H,13,14,15)/t9?,10?,11-/m1/s1. The second-order valence-electron chi connectivity index (χ2n) is 5.21. The fourth-order valence-electron chi connectivity index (χ4n) is 3.06. The van der Waals surface area contributed by atoms with Crippen LogP contribution in [0.5, 0.6) is 0 Å². The van der Waals surface area contributed by atoms with E-state index in [0.717, 1.165) is 19.1 Å². The van der Waals surface area contributed by atoms with Crippen LogP contribution in [-0.2, 0) is 14.9 Å². The van der Waals surface area contributed by atoms with Crippen LogP contribution in [0.15, 0.2) is 0 Å². The Morgan fingerprint density at radius 2 is 2.06 bits per heavy atom. The van der Waals surface area contributed by atoms with Gasteiger partial charge in [0.2, 0.25) is 0 Å². The SMILES string of the molecule is CCC1(C)C(C)CC[C@@]1(C=O)CS(=O)(=O)O. The molecule has 0 spiro atoms. The van der Waals surface area contributed by atoms with Crippen molar-refractivity contribution < 1.29 is 17.8 Å². The molecule has 2 unspecified atom stereocenters. The molecule has 16 heavy (non-hydrogen) atoms. The first-order valence-corrected chi connectivity index (χ1v) is 7.23. The first kappa shape index (κ1) is 13.6. The van der Waals surface area contributed by atoms with E-state index in [-0.39, 0.29) is 5.41 Å². The monoisotopic (exact) mass is 248 g/mol. The predicted octanol–water partition coefficient (Wildman–Crippen LogP) is 1.91. The molecular formula is C11H20O4S. The van der Waals surface area contributed by atoms with Gasteiger partial charge < -0.3 is 4.79 Å². The molecule has 0 aromatic heterocycles. The topological polar surface area (TPSA) is 71.4 Å². The molecule has 0 saturated heterocycles. The molecule has 1 fully saturated rings. The molecule has 94 valence electrons. The Kier molecular flexibility index (Phi) is 3.50. The minimum Gasteiger partial charge on any atom is -0.303 e. The third kappa shape index (κ3) is 2.02. The smallest absolute Gasteiger partial charge is 0.265 e. The highest BCUT2D eigenvalue weighted by Crippen LogP contribution is 2.57. The van der Waals surface area contributed by atoms with Gasteiger partial charge in [-0.3, -0.25) is 4.55 Å². The van der Waals surface area contributed by atoms with Gasteiger partial charge in [-0.25, -0.2) is 0 Å². The number of aldehydes is 1. The summed E-state index contributed by atoms with van der Waals surface area (Å²) in [6.45, 7) is 5.95. The molecule has 0 aromatic carbocycles. The molecule has 0 aliphatic heterocycles. The third-order valence-electron chi connectivity index (χ3n) is 4.65. The van der Waals surface area contributed by atoms with Gasteiger partial charge in [0.25, 0.3) is 10.1 Å². The molecule has 5 heteroatoms. The quantitative estimate of drug-likeness (QED) is 0.609. The Morgan fingerprint density at radius 1 is 1.50 bits per heavy atom. The predicted molar refractivity (Wildman–Crippen MR) is 61.7 cm³/mol. The van der Waals surface area contributed by atoms with E-state index in [1.807, 2.05) is 20.8 Å². The van der Waals surface area contributed by atoms with Crippen LogP contribution < -0.4 is 0 Å². The Balaban J connectivity index is 3.18. The number of carbonyl (C=O) groups is 1. The van der Waals surface area contributed by atoms with E-state index in [9.17, 15) is 13.2 Å². The maximum atomic E-state index is 11.4. The lowest BCUT2D eigenvalue weighted by atomic mass is 9.64.